The predicted molar refractivity (Wildman–Crippen MR) is 151 cm³/mol. The molecular formula is C29H31F2N9O. The van der Waals surface area contributed by atoms with Gasteiger partial charge in [-0.1, -0.05) is 6.07 Å². The normalized spacial score (nSPS) is 19.7. The largest absolute Gasteiger partial charge is 0.344 e. The van der Waals surface area contributed by atoms with Crippen LogP contribution in [-0.4, -0.2) is 85.8 Å². The van der Waals surface area contributed by atoms with Crippen molar-refractivity contribution in [2.45, 2.75) is 31.7 Å². The number of aromatic amines is 1. The summed E-state index contributed by atoms with van der Waals surface area (Å²) < 4.78 is 26.6. The fourth-order valence-electron chi connectivity index (χ4n) is 5.61. The third kappa shape index (κ3) is 5.31. The Balaban J connectivity index is 1.03. The lowest BCUT2D eigenvalue weighted by Gasteiger charge is -2.39. The van der Waals surface area contributed by atoms with Gasteiger partial charge < -0.3 is 20.1 Å². The monoisotopic (exact) mass is 559 g/mol. The predicted octanol–water partition coefficient (Wildman–Crippen LogP) is 4.23. The van der Waals surface area contributed by atoms with Crippen molar-refractivity contribution in [1.82, 2.24) is 34.7 Å². The molecule has 2 N–H and O–H groups in total. The highest BCUT2D eigenvalue weighted by Crippen LogP contribution is 2.33. The smallest absolute Gasteiger partial charge is 0.282 e. The maximum absolute atomic E-state index is 13.3. The summed E-state index contributed by atoms with van der Waals surface area (Å²) in [6.07, 6.45) is 5.28. The van der Waals surface area contributed by atoms with E-state index in [1.807, 2.05) is 35.2 Å². The van der Waals surface area contributed by atoms with E-state index < -0.39 is 5.92 Å². The number of H-pyrrole nitrogens is 1. The maximum atomic E-state index is 13.3. The number of benzene rings is 1. The SMILES string of the molecule is CC(c1ccnc(Nc2nc3ccc(-c4cc(N5CC(F)(F)C5)ncn4)cc3[nH]2)c1)N1CCN(C(=O)C2CC2)CC1. The van der Waals surface area contributed by atoms with Crippen molar-refractivity contribution in [3.8, 4) is 11.3 Å². The lowest BCUT2D eigenvalue weighted by molar-refractivity contribution is -0.134. The molecule has 0 radical (unpaired) electrons. The number of imidazole rings is 1. The van der Waals surface area contributed by atoms with E-state index >= 15 is 0 Å². The van der Waals surface area contributed by atoms with Crippen LogP contribution in [0.3, 0.4) is 0 Å². The summed E-state index contributed by atoms with van der Waals surface area (Å²) in [4.78, 5) is 39.3. The van der Waals surface area contributed by atoms with E-state index in [0.717, 1.165) is 61.2 Å². The van der Waals surface area contributed by atoms with E-state index in [1.165, 1.54) is 6.33 Å². The van der Waals surface area contributed by atoms with E-state index in [0.29, 0.717) is 29.2 Å². The van der Waals surface area contributed by atoms with E-state index in [2.05, 4.69) is 42.1 Å². The number of anilines is 3. The van der Waals surface area contributed by atoms with Gasteiger partial charge in [-0.3, -0.25) is 9.69 Å². The second-order valence-electron chi connectivity index (χ2n) is 11.2. The highest BCUT2D eigenvalue weighted by molar-refractivity contribution is 5.83. The lowest BCUT2D eigenvalue weighted by Crippen LogP contribution is -2.56. The van der Waals surface area contributed by atoms with Crippen molar-refractivity contribution in [3.63, 3.8) is 0 Å². The third-order valence-corrected chi connectivity index (χ3v) is 8.21. The van der Waals surface area contributed by atoms with E-state index in [4.69, 9.17) is 0 Å². The Bertz CT molecular complexity index is 1590. The fraction of sp³-hybridized carbons (Fsp3) is 0.414. The minimum absolute atomic E-state index is 0.190. The van der Waals surface area contributed by atoms with Crippen molar-refractivity contribution in [3.05, 3.63) is 54.5 Å². The van der Waals surface area contributed by atoms with Crippen LogP contribution in [0.5, 0.6) is 0 Å². The molecule has 12 heteroatoms. The number of hydrogen-bond acceptors (Lipinski definition) is 8. The first kappa shape index (κ1) is 25.8. The Kier molecular flexibility index (Phi) is 6.29. The zero-order chi connectivity index (χ0) is 28.1. The van der Waals surface area contributed by atoms with Crippen LogP contribution in [0.15, 0.2) is 48.9 Å². The number of piperazine rings is 1. The first-order valence-corrected chi connectivity index (χ1v) is 14.0. The van der Waals surface area contributed by atoms with Crippen LogP contribution in [0.4, 0.5) is 26.4 Å². The van der Waals surface area contributed by atoms with Crippen LogP contribution in [-0.2, 0) is 4.79 Å². The number of rotatable bonds is 7. The highest BCUT2D eigenvalue weighted by atomic mass is 19.3. The number of hydrogen-bond donors (Lipinski definition) is 2. The van der Waals surface area contributed by atoms with Crippen LogP contribution in [0.1, 0.15) is 31.4 Å². The third-order valence-electron chi connectivity index (χ3n) is 8.21. The van der Waals surface area contributed by atoms with Gasteiger partial charge in [0, 0.05) is 56.0 Å². The molecule has 3 fully saturated rings. The molecule has 3 aromatic heterocycles. The van der Waals surface area contributed by atoms with Crippen molar-refractivity contribution >= 4 is 34.5 Å². The van der Waals surface area contributed by atoms with E-state index in [-0.39, 0.29) is 25.0 Å². The molecule has 1 saturated carbocycles. The molecule has 1 aliphatic carbocycles. The number of carbonyl (C=O) groups is 1. The summed E-state index contributed by atoms with van der Waals surface area (Å²) in [6, 6.07) is 11.7. The van der Waals surface area contributed by atoms with Crippen LogP contribution < -0.4 is 10.2 Å². The van der Waals surface area contributed by atoms with Gasteiger partial charge in [-0.05, 0) is 49.6 Å². The molecule has 0 spiro atoms. The number of fused-ring (bicyclic) bond motifs is 1. The molecular weight excluding hydrogens is 528 g/mol. The summed E-state index contributed by atoms with van der Waals surface area (Å²) in [5, 5.41) is 3.29. The molecule has 1 aromatic carbocycles. The average molecular weight is 560 g/mol. The second-order valence-corrected chi connectivity index (χ2v) is 11.2. The number of carbonyl (C=O) groups excluding carboxylic acids is 1. The molecule has 5 heterocycles. The quantitative estimate of drug-likeness (QED) is 0.347. The van der Waals surface area contributed by atoms with Crippen molar-refractivity contribution in [1.29, 1.82) is 0 Å². The molecule has 212 valence electrons. The number of pyridine rings is 1. The van der Waals surface area contributed by atoms with Crippen LogP contribution in [0.25, 0.3) is 22.3 Å². The highest BCUT2D eigenvalue weighted by Gasteiger charge is 2.44. The summed E-state index contributed by atoms with van der Waals surface area (Å²) in [5.41, 5.74) is 4.20. The molecule has 2 saturated heterocycles. The molecule has 1 atom stereocenters. The minimum Gasteiger partial charge on any atom is -0.344 e. The second kappa shape index (κ2) is 10.0. The molecule has 2 aliphatic heterocycles. The van der Waals surface area contributed by atoms with E-state index in [1.54, 1.807) is 17.2 Å². The maximum Gasteiger partial charge on any atom is 0.282 e. The van der Waals surface area contributed by atoms with Crippen molar-refractivity contribution in [2.24, 2.45) is 5.92 Å². The van der Waals surface area contributed by atoms with E-state index in [9.17, 15) is 13.6 Å². The fourth-order valence-corrected chi connectivity index (χ4v) is 5.61. The van der Waals surface area contributed by atoms with Gasteiger partial charge in [0.05, 0.1) is 29.8 Å². The Labute approximate surface area is 235 Å². The zero-order valence-electron chi connectivity index (χ0n) is 22.7. The number of halogens is 2. The number of alkyl halides is 2. The summed E-state index contributed by atoms with van der Waals surface area (Å²) in [5.74, 6) is -0.336. The van der Waals surface area contributed by atoms with Crippen molar-refractivity contribution in [2.75, 3.05) is 49.5 Å². The number of nitrogens with zero attached hydrogens (tertiary/aromatic N) is 7. The summed E-state index contributed by atoms with van der Waals surface area (Å²) >= 11 is 0. The Hall–Kier alpha value is -4.19. The number of aromatic nitrogens is 5. The van der Waals surface area contributed by atoms with Gasteiger partial charge in [0.2, 0.25) is 11.9 Å². The molecule has 7 rings (SSSR count). The number of amides is 1. The van der Waals surface area contributed by atoms with Gasteiger partial charge in [0.15, 0.2) is 0 Å². The molecule has 0 bridgehead atoms. The first-order chi connectivity index (χ1) is 19.8. The molecule has 41 heavy (non-hydrogen) atoms. The first-order valence-electron chi connectivity index (χ1n) is 14.0. The minimum atomic E-state index is -2.66. The van der Waals surface area contributed by atoms with Crippen LogP contribution in [0, 0.1) is 5.92 Å². The molecule has 4 aromatic rings. The average Bonchev–Trinajstić information content (AvgIpc) is 3.75. The Morgan fingerprint density at radius 1 is 1.05 bits per heavy atom. The summed E-state index contributed by atoms with van der Waals surface area (Å²) in [6.45, 7) is 4.80. The molecule has 10 nitrogen and oxygen atoms in total. The van der Waals surface area contributed by atoms with Gasteiger partial charge in [-0.15, -0.1) is 0 Å². The number of nitrogens with one attached hydrogen (secondary N) is 2. The van der Waals surface area contributed by atoms with Gasteiger partial charge >= 0.3 is 0 Å². The molecule has 3 aliphatic rings. The van der Waals surface area contributed by atoms with Gasteiger partial charge in [-0.25, -0.2) is 28.7 Å². The molecule has 1 amide bonds. The molecule has 1 unspecified atom stereocenters. The summed E-state index contributed by atoms with van der Waals surface area (Å²) in [7, 11) is 0. The van der Waals surface area contributed by atoms with Crippen LogP contribution in [0.2, 0.25) is 0 Å². The van der Waals surface area contributed by atoms with Gasteiger partial charge in [0.25, 0.3) is 5.92 Å². The van der Waals surface area contributed by atoms with Crippen molar-refractivity contribution < 1.29 is 13.6 Å². The zero-order valence-corrected chi connectivity index (χ0v) is 22.7. The van der Waals surface area contributed by atoms with Gasteiger partial charge in [-0.2, -0.15) is 0 Å². The standard InChI is InChI=1S/C29H31F2N9O/c1-18(38-8-10-39(11-9-38)27(41)19-2-3-19)20-6-7-32-25(13-20)37-28-35-22-5-4-21(12-24(22)36-28)23-14-26(34-17-33-23)40-15-29(30,31)16-40/h4-7,12-14,17-19H,2-3,8-11,15-16H2,1H3,(H2,32,35,36,37). The topological polar surface area (TPSA) is 106 Å². The van der Waals surface area contributed by atoms with Crippen LogP contribution >= 0.6 is 0 Å². The van der Waals surface area contributed by atoms with Gasteiger partial charge in [0.1, 0.15) is 18.0 Å². The lowest BCUT2D eigenvalue weighted by atomic mass is 10.1. The Morgan fingerprint density at radius 3 is 2.61 bits per heavy atom. The Morgan fingerprint density at radius 2 is 1.85 bits per heavy atom.